The van der Waals surface area contributed by atoms with Gasteiger partial charge in [0.15, 0.2) is 0 Å². The normalized spacial score (nSPS) is 12.1. The number of rotatable bonds is 6. The van der Waals surface area contributed by atoms with Crippen molar-refractivity contribution in [3.63, 3.8) is 0 Å². The van der Waals surface area contributed by atoms with Crippen LogP contribution in [0.5, 0.6) is 0 Å². The van der Waals surface area contributed by atoms with Crippen LogP contribution in [0.15, 0.2) is 51.1 Å². The molecule has 0 aliphatic carbocycles. The fourth-order valence-corrected chi connectivity index (χ4v) is 3.98. The molecular weight excluding hydrogens is 354 g/mol. The van der Waals surface area contributed by atoms with Crippen molar-refractivity contribution >= 4 is 44.9 Å². The highest BCUT2D eigenvalue weighted by atomic mass is 79.9. The molecule has 1 atom stereocenters. The van der Waals surface area contributed by atoms with Gasteiger partial charge in [0.2, 0.25) is 5.91 Å². The molecule has 0 fully saturated rings. The lowest BCUT2D eigenvalue weighted by atomic mass is 10.2. The first-order valence-corrected chi connectivity index (χ1v) is 8.94. The average Bonchev–Trinajstić information content (AvgIpc) is 2.89. The number of amides is 1. The second-order valence-electron chi connectivity index (χ2n) is 4.45. The van der Waals surface area contributed by atoms with Crippen molar-refractivity contribution in [3.05, 3.63) is 51.1 Å². The van der Waals surface area contributed by atoms with E-state index in [0.717, 1.165) is 14.4 Å². The molecule has 1 N–H and O–H groups in total. The summed E-state index contributed by atoms with van der Waals surface area (Å²) in [6.45, 7) is 2.57. The molecule has 1 aromatic carbocycles. The topological polar surface area (TPSA) is 29.1 Å². The number of hydrogen-bond donors (Lipinski definition) is 1. The SMILES string of the molecule is CC(CSc1ccccc1)C(=O)NCc1ccc(Br)s1. The van der Waals surface area contributed by atoms with Crippen LogP contribution in [0.1, 0.15) is 11.8 Å². The van der Waals surface area contributed by atoms with Crippen molar-refractivity contribution in [2.24, 2.45) is 5.92 Å². The van der Waals surface area contributed by atoms with Crippen LogP contribution in [0.25, 0.3) is 0 Å². The summed E-state index contributed by atoms with van der Waals surface area (Å²) in [6, 6.07) is 14.2. The zero-order valence-electron chi connectivity index (χ0n) is 11.1. The van der Waals surface area contributed by atoms with E-state index in [9.17, 15) is 4.79 Å². The Kier molecular flexibility index (Phi) is 6.13. The van der Waals surface area contributed by atoms with Crippen molar-refractivity contribution in [1.82, 2.24) is 5.32 Å². The van der Waals surface area contributed by atoms with E-state index in [0.29, 0.717) is 6.54 Å². The Morgan fingerprint density at radius 1 is 1.30 bits per heavy atom. The zero-order chi connectivity index (χ0) is 14.4. The fourth-order valence-electron chi connectivity index (χ4n) is 1.61. The Bertz CT molecular complexity index is 556. The summed E-state index contributed by atoms with van der Waals surface area (Å²) >= 11 is 6.79. The number of nitrogens with one attached hydrogen (secondary N) is 1. The number of thiophene rings is 1. The summed E-state index contributed by atoms with van der Waals surface area (Å²) in [7, 11) is 0. The van der Waals surface area contributed by atoms with E-state index in [-0.39, 0.29) is 11.8 Å². The monoisotopic (exact) mass is 369 g/mol. The van der Waals surface area contributed by atoms with Gasteiger partial charge in [-0.2, -0.15) is 0 Å². The zero-order valence-corrected chi connectivity index (χ0v) is 14.4. The first-order chi connectivity index (χ1) is 9.65. The maximum Gasteiger partial charge on any atom is 0.223 e. The molecule has 106 valence electrons. The Labute approximate surface area is 136 Å². The lowest BCUT2D eigenvalue weighted by Gasteiger charge is -2.11. The van der Waals surface area contributed by atoms with E-state index in [1.807, 2.05) is 37.3 Å². The lowest BCUT2D eigenvalue weighted by Crippen LogP contribution is -2.29. The number of benzene rings is 1. The van der Waals surface area contributed by atoms with Crippen LogP contribution in [0.4, 0.5) is 0 Å². The van der Waals surface area contributed by atoms with Crippen LogP contribution >= 0.6 is 39.0 Å². The first kappa shape index (κ1) is 15.6. The molecule has 1 unspecified atom stereocenters. The minimum absolute atomic E-state index is 0.00334. The van der Waals surface area contributed by atoms with Gasteiger partial charge in [0, 0.05) is 21.4 Å². The summed E-state index contributed by atoms with van der Waals surface area (Å²) in [5.74, 6) is 0.908. The summed E-state index contributed by atoms with van der Waals surface area (Å²) < 4.78 is 1.09. The van der Waals surface area contributed by atoms with Gasteiger partial charge in [-0.05, 0) is 40.2 Å². The van der Waals surface area contributed by atoms with Crippen molar-refractivity contribution in [1.29, 1.82) is 0 Å². The number of carbonyl (C=O) groups excluding carboxylic acids is 1. The smallest absolute Gasteiger partial charge is 0.223 e. The molecule has 0 radical (unpaired) electrons. The van der Waals surface area contributed by atoms with Crippen molar-refractivity contribution in [2.45, 2.75) is 18.4 Å². The average molecular weight is 370 g/mol. The maximum absolute atomic E-state index is 12.0. The molecule has 0 spiro atoms. The highest BCUT2D eigenvalue weighted by molar-refractivity contribution is 9.11. The van der Waals surface area contributed by atoms with E-state index in [2.05, 4.69) is 33.4 Å². The van der Waals surface area contributed by atoms with Gasteiger partial charge >= 0.3 is 0 Å². The molecule has 2 rings (SSSR count). The Morgan fingerprint density at radius 3 is 2.70 bits per heavy atom. The molecule has 2 nitrogen and oxygen atoms in total. The molecule has 0 saturated carbocycles. The predicted octanol–water partition coefficient (Wildman–Crippen LogP) is 4.56. The van der Waals surface area contributed by atoms with Crippen molar-refractivity contribution in [2.75, 3.05) is 5.75 Å². The van der Waals surface area contributed by atoms with Crippen LogP contribution in [-0.2, 0) is 11.3 Å². The van der Waals surface area contributed by atoms with E-state index in [4.69, 9.17) is 0 Å². The largest absolute Gasteiger partial charge is 0.351 e. The van der Waals surface area contributed by atoms with E-state index in [1.54, 1.807) is 23.1 Å². The van der Waals surface area contributed by atoms with E-state index in [1.165, 1.54) is 4.90 Å². The van der Waals surface area contributed by atoms with Gasteiger partial charge in [0.1, 0.15) is 0 Å². The fraction of sp³-hybridized carbons (Fsp3) is 0.267. The minimum atomic E-state index is 0.00334. The molecule has 1 aromatic heterocycles. The van der Waals surface area contributed by atoms with Crippen LogP contribution in [0.3, 0.4) is 0 Å². The second kappa shape index (κ2) is 7.86. The number of thioether (sulfide) groups is 1. The minimum Gasteiger partial charge on any atom is -0.351 e. The van der Waals surface area contributed by atoms with Crippen LogP contribution in [0.2, 0.25) is 0 Å². The standard InChI is InChI=1S/C15H16BrNOS2/c1-11(10-19-12-5-3-2-4-6-12)15(18)17-9-13-7-8-14(16)20-13/h2-8,11H,9-10H2,1H3,(H,17,18). The highest BCUT2D eigenvalue weighted by Crippen LogP contribution is 2.22. The molecular formula is C15H16BrNOS2. The molecule has 1 heterocycles. The van der Waals surface area contributed by atoms with Crippen molar-refractivity contribution in [3.8, 4) is 0 Å². The summed E-state index contributed by atoms with van der Waals surface area (Å²) in [5, 5.41) is 2.99. The molecule has 1 amide bonds. The quantitative estimate of drug-likeness (QED) is 0.756. The maximum atomic E-state index is 12.0. The Balaban J connectivity index is 1.74. The summed E-state index contributed by atoms with van der Waals surface area (Å²) in [5.41, 5.74) is 0. The van der Waals surface area contributed by atoms with Gasteiger partial charge < -0.3 is 5.32 Å². The molecule has 2 aromatic rings. The van der Waals surface area contributed by atoms with E-state index >= 15 is 0 Å². The molecule has 20 heavy (non-hydrogen) atoms. The molecule has 0 aliphatic rings. The first-order valence-electron chi connectivity index (χ1n) is 6.35. The predicted molar refractivity (Wildman–Crippen MR) is 90.2 cm³/mol. The number of carbonyl (C=O) groups is 1. The van der Waals surface area contributed by atoms with Gasteiger partial charge in [-0.3, -0.25) is 4.79 Å². The summed E-state index contributed by atoms with van der Waals surface area (Å²) in [4.78, 5) is 14.4. The van der Waals surface area contributed by atoms with Gasteiger partial charge in [0.05, 0.1) is 10.3 Å². The lowest BCUT2D eigenvalue weighted by molar-refractivity contribution is -0.123. The van der Waals surface area contributed by atoms with Crippen LogP contribution in [-0.4, -0.2) is 11.7 Å². The van der Waals surface area contributed by atoms with Gasteiger partial charge in [-0.25, -0.2) is 0 Å². The Morgan fingerprint density at radius 2 is 2.05 bits per heavy atom. The highest BCUT2D eigenvalue weighted by Gasteiger charge is 2.13. The second-order valence-corrected chi connectivity index (χ2v) is 8.09. The summed E-state index contributed by atoms with van der Waals surface area (Å²) in [6.07, 6.45) is 0. The van der Waals surface area contributed by atoms with Crippen LogP contribution in [0, 0.1) is 5.92 Å². The van der Waals surface area contributed by atoms with Crippen molar-refractivity contribution < 1.29 is 4.79 Å². The van der Waals surface area contributed by atoms with Crippen LogP contribution < -0.4 is 5.32 Å². The Hall–Kier alpha value is -0.780. The number of halogens is 1. The van der Waals surface area contributed by atoms with Gasteiger partial charge in [-0.15, -0.1) is 23.1 Å². The van der Waals surface area contributed by atoms with Gasteiger partial charge in [-0.1, -0.05) is 25.1 Å². The molecule has 0 bridgehead atoms. The molecule has 5 heteroatoms. The molecule has 0 aliphatic heterocycles. The molecule has 0 saturated heterocycles. The van der Waals surface area contributed by atoms with Gasteiger partial charge in [0.25, 0.3) is 0 Å². The third-order valence-electron chi connectivity index (χ3n) is 2.76. The third kappa shape index (κ3) is 4.96. The number of hydrogen-bond acceptors (Lipinski definition) is 3. The van der Waals surface area contributed by atoms with E-state index < -0.39 is 0 Å². The third-order valence-corrected chi connectivity index (χ3v) is 5.65.